The Hall–Kier alpha value is -1.81. The van der Waals surface area contributed by atoms with Crippen molar-refractivity contribution < 1.29 is 9.26 Å². The van der Waals surface area contributed by atoms with Crippen LogP contribution in [0.25, 0.3) is 0 Å². The quantitative estimate of drug-likeness (QED) is 0.901. The lowest BCUT2D eigenvalue weighted by molar-refractivity contribution is 0.297. The maximum atomic E-state index is 5.91. The van der Waals surface area contributed by atoms with Crippen molar-refractivity contribution in [2.45, 2.75) is 33.4 Å². The van der Waals surface area contributed by atoms with Gasteiger partial charge in [-0.05, 0) is 26.8 Å². The molecule has 1 heterocycles. The summed E-state index contributed by atoms with van der Waals surface area (Å²) in [5, 5.41) is 3.91. The summed E-state index contributed by atoms with van der Waals surface area (Å²) in [5.41, 5.74) is 8.78. The fourth-order valence-electron chi connectivity index (χ4n) is 1.85. The van der Waals surface area contributed by atoms with Gasteiger partial charge in [0.1, 0.15) is 18.1 Å². The van der Waals surface area contributed by atoms with E-state index in [0.29, 0.717) is 6.61 Å². The normalized spacial score (nSPS) is 12.4. The zero-order valence-corrected chi connectivity index (χ0v) is 10.9. The van der Waals surface area contributed by atoms with Gasteiger partial charge in [-0.25, -0.2) is 0 Å². The molecule has 2 rings (SSSR count). The first-order valence-electron chi connectivity index (χ1n) is 5.98. The van der Waals surface area contributed by atoms with Gasteiger partial charge in [-0.2, -0.15) is 0 Å². The maximum absolute atomic E-state index is 5.91. The molecule has 2 N–H and O–H groups in total. The Morgan fingerprint density at radius 2 is 2.06 bits per heavy atom. The van der Waals surface area contributed by atoms with E-state index in [0.717, 1.165) is 28.3 Å². The van der Waals surface area contributed by atoms with Gasteiger partial charge in [0.15, 0.2) is 0 Å². The molecule has 4 nitrogen and oxygen atoms in total. The molecule has 1 unspecified atom stereocenters. The summed E-state index contributed by atoms with van der Waals surface area (Å²) in [4.78, 5) is 0. The third-order valence-corrected chi connectivity index (χ3v) is 2.96. The van der Waals surface area contributed by atoms with E-state index >= 15 is 0 Å². The highest BCUT2D eigenvalue weighted by Crippen LogP contribution is 2.25. The second-order valence-corrected chi connectivity index (χ2v) is 4.42. The molecular formula is C14H18N2O2. The van der Waals surface area contributed by atoms with E-state index in [1.807, 2.05) is 45.0 Å². The van der Waals surface area contributed by atoms with Crippen molar-refractivity contribution >= 4 is 0 Å². The van der Waals surface area contributed by atoms with Crippen LogP contribution in [0.15, 0.2) is 28.8 Å². The minimum atomic E-state index is -0.0501. The smallest absolute Gasteiger partial charge is 0.140 e. The highest BCUT2D eigenvalue weighted by molar-refractivity contribution is 5.35. The number of aryl methyl sites for hydroxylation is 2. The van der Waals surface area contributed by atoms with Crippen molar-refractivity contribution in [1.29, 1.82) is 0 Å². The minimum absolute atomic E-state index is 0.0501. The molecule has 2 aromatic rings. The van der Waals surface area contributed by atoms with Crippen molar-refractivity contribution in [2.24, 2.45) is 5.73 Å². The first-order valence-corrected chi connectivity index (χ1v) is 5.98. The van der Waals surface area contributed by atoms with Gasteiger partial charge in [-0.15, -0.1) is 0 Å². The number of ether oxygens (including phenoxy) is 1. The second kappa shape index (κ2) is 5.23. The number of benzene rings is 1. The third-order valence-electron chi connectivity index (χ3n) is 2.96. The summed E-state index contributed by atoms with van der Waals surface area (Å²) in [7, 11) is 0. The van der Waals surface area contributed by atoms with Crippen LogP contribution in [0.3, 0.4) is 0 Å². The van der Waals surface area contributed by atoms with E-state index in [9.17, 15) is 0 Å². The number of para-hydroxylation sites is 1. The van der Waals surface area contributed by atoms with Crippen molar-refractivity contribution in [3.63, 3.8) is 0 Å². The van der Waals surface area contributed by atoms with E-state index < -0.39 is 0 Å². The van der Waals surface area contributed by atoms with Crippen molar-refractivity contribution in [1.82, 2.24) is 5.16 Å². The minimum Gasteiger partial charge on any atom is -0.488 e. The van der Waals surface area contributed by atoms with Gasteiger partial charge in [0.05, 0.1) is 11.3 Å². The van der Waals surface area contributed by atoms with Crippen LogP contribution in [0.5, 0.6) is 5.75 Å². The number of nitrogens with two attached hydrogens (primary N) is 1. The molecule has 18 heavy (non-hydrogen) atoms. The Morgan fingerprint density at radius 3 is 2.67 bits per heavy atom. The first kappa shape index (κ1) is 12.6. The molecule has 1 aromatic heterocycles. The molecule has 0 aliphatic carbocycles. The fourth-order valence-corrected chi connectivity index (χ4v) is 1.85. The molecule has 4 heteroatoms. The zero-order valence-electron chi connectivity index (χ0n) is 10.9. The Balaban J connectivity index is 2.16. The lowest BCUT2D eigenvalue weighted by atomic mass is 10.1. The molecule has 0 aliphatic heterocycles. The van der Waals surface area contributed by atoms with Crippen LogP contribution < -0.4 is 10.5 Å². The number of rotatable bonds is 4. The average Bonchev–Trinajstić information content (AvgIpc) is 2.67. The van der Waals surface area contributed by atoms with Gasteiger partial charge in [0.25, 0.3) is 0 Å². The SMILES string of the molecule is Cc1noc(C)c1COc1ccccc1C(C)N. The van der Waals surface area contributed by atoms with E-state index in [2.05, 4.69) is 5.16 Å². The van der Waals surface area contributed by atoms with Crippen LogP contribution in [-0.2, 0) is 6.61 Å². The summed E-state index contributed by atoms with van der Waals surface area (Å²) in [6.07, 6.45) is 0. The van der Waals surface area contributed by atoms with E-state index in [4.69, 9.17) is 15.0 Å². The Morgan fingerprint density at radius 1 is 1.33 bits per heavy atom. The molecule has 0 spiro atoms. The predicted molar refractivity (Wildman–Crippen MR) is 69.4 cm³/mol. The Bertz CT molecular complexity index is 513. The summed E-state index contributed by atoms with van der Waals surface area (Å²) in [5.74, 6) is 1.61. The Labute approximate surface area is 107 Å². The largest absolute Gasteiger partial charge is 0.488 e. The number of hydrogen-bond acceptors (Lipinski definition) is 4. The standard InChI is InChI=1S/C14H18N2O2/c1-9(15)12-6-4-5-7-14(12)17-8-13-10(2)16-18-11(13)3/h4-7,9H,8,15H2,1-3H3. The molecule has 0 saturated carbocycles. The molecule has 0 fully saturated rings. The third kappa shape index (κ3) is 2.54. The highest BCUT2D eigenvalue weighted by atomic mass is 16.5. The lowest BCUT2D eigenvalue weighted by Crippen LogP contribution is -2.08. The molecule has 0 bridgehead atoms. The molecule has 0 radical (unpaired) electrons. The van der Waals surface area contributed by atoms with Crippen LogP contribution in [0.4, 0.5) is 0 Å². The summed E-state index contributed by atoms with van der Waals surface area (Å²) >= 11 is 0. The van der Waals surface area contributed by atoms with Gasteiger partial charge >= 0.3 is 0 Å². The Kier molecular flexibility index (Phi) is 3.67. The van der Waals surface area contributed by atoms with Gasteiger partial charge in [-0.1, -0.05) is 23.4 Å². The molecule has 0 aliphatic rings. The molecule has 0 amide bonds. The van der Waals surface area contributed by atoms with Gasteiger partial charge < -0.3 is 15.0 Å². The van der Waals surface area contributed by atoms with Crippen molar-refractivity contribution in [2.75, 3.05) is 0 Å². The topological polar surface area (TPSA) is 61.3 Å². The monoisotopic (exact) mass is 246 g/mol. The second-order valence-electron chi connectivity index (χ2n) is 4.42. The van der Waals surface area contributed by atoms with Crippen molar-refractivity contribution in [3.05, 3.63) is 46.8 Å². The van der Waals surface area contributed by atoms with E-state index in [1.165, 1.54) is 0 Å². The average molecular weight is 246 g/mol. The van der Waals surface area contributed by atoms with Gasteiger partial charge in [-0.3, -0.25) is 0 Å². The predicted octanol–water partition coefficient (Wildman–Crippen LogP) is 2.89. The van der Waals surface area contributed by atoms with Crippen LogP contribution in [0.2, 0.25) is 0 Å². The van der Waals surface area contributed by atoms with Crippen LogP contribution in [0, 0.1) is 13.8 Å². The lowest BCUT2D eigenvalue weighted by Gasteiger charge is -2.13. The van der Waals surface area contributed by atoms with Crippen LogP contribution in [-0.4, -0.2) is 5.16 Å². The van der Waals surface area contributed by atoms with Crippen LogP contribution in [0.1, 0.15) is 35.5 Å². The summed E-state index contributed by atoms with van der Waals surface area (Å²) in [6, 6.07) is 7.76. The molecular weight excluding hydrogens is 228 g/mol. The van der Waals surface area contributed by atoms with E-state index in [1.54, 1.807) is 0 Å². The number of aromatic nitrogens is 1. The molecule has 96 valence electrons. The molecule has 1 aromatic carbocycles. The summed E-state index contributed by atoms with van der Waals surface area (Å²) in [6.45, 7) is 6.19. The molecule has 0 saturated heterocycles. The van der Waals surface area contributed by atoms with Gasteiger partial charge in [0, 0.05) is 11.6 Å². The van der Waals surface area contributed by atoms with Gasteiger partial charge in [0.2, 0.25) is 0 Å². The zero-order chi connectivity index (χ0) is 13.1. The highest BCUT2D eigenvalue weighted by Gasteiger charge is 2.12. The summed E-state index contributed by atoms with van der Waals surface area (Å²) < 4.78 is 10.9. The number of hydrogen-bond donors (Lipinski definition) is 1. The van der Waals surface area contributed by atoms with E-state index in [-0.39, 0.29) is 6.04 Å². The number of nitrogens with zero attached hydrogens (tertiary/aromatic N) is 1. The molecule has 1 atom stereocenters. The van der Waals surface area contributed by atoms with Crippen molar-refractivity contribution in [3.8, 4) is 5.75 Å². The van der Waals surface area contributed by atoms with Crippen LogP contribution >= 0.6 is 0 Å². The fraction of sp³-hybridized carbons (Fsp3) is 0.357. The maximum Gasteiger partial charge on any atom is 0.140 e. The first-order chi connectivity index (χ1) is 8.59.